The van der Waals surface area contributed by atoms with Gasteiger partial charge in [0.1, 0.15) is 5.75 Å². The molecule has 0 unspecified atom stereocenters. The molecule has 1 saturated heterocycles. The summed E-state index contributed by atoms with van der Waals surface area (Å²) in [4.78, 5) is 54.4. The molecule has 7 nitrogen and oxygen atoms in total. The molecule has 0 aliphatic carbocycles. The van der Waals surface area contributed by atoms with Crippen LogP contribution in [0.2, 0.25) is 0 Å². The second-order valence-electron chi connectivity index (χ2n) is 8.95. The maximum absolute atomic E-state index is 13.0. The fourth-order valence-electron chi connectivity index (χ4n) is 4.95. The molecule has 36 heavy (non-hydrogen) atoms. The first-order valence-corrected chi connectivity index (χ1v) is 12.1. The molecule has 3 aromatic rings. The fraction of sp³-hybridized carbons (Fsp3) is 0.241. The average Bonchev–Trinajstić information content (AvgIpc) is 3.40. The van der Waals surface area contributed by atoms with Gasteiger partial charge in [-0.25, -0.2) is 4.90 Å². The van der Waals surface area contributed by atoms with Gasteiger partial charge in [-0.1, -0.05) is 50.2 Å². The van der Waals surface area contributed by atoms with Crippen LogP contribution in [0.4, 0.5) is 11.4 Å². The van der Waals surface area contributed by atoms with E-state index in [2.05, 4.69) is 0 Å². The molecule has 182 valence electrons. The van der Waals surface area contributed by atoms with Crippen LogP contribution in [-0.2, 0) is 22.4 Å². The molecule has 2 heterocycles. The van der Waals surface area contributed by atoms with Crippen molar-refractivity contribution in [1.82, 2.24) is 0 Å². The molecule has 2 aliphatic rings. The molecule has 1 atom stereocenters. The Bertz CT molecular complexity index is 1340. The maximum atomic E-state index is 13.0. The summed E-state index contributed by atoms with van der Waals surface area (Å²) < 4.78 is 5.62. The first-order chi connectivity index (χ1) is 17.4. The Morgan fingerprint density at radius 2 is 1.47 bits per heavy atom. The molecule has 0 spiro atoms. The average molecular weight is 483 g/mol. The number of fused-ring (bicyclic) bond motifs is 1. The number of anilines is 2. The molecule has 0 bridgehead atoms. The van der Waals surface area contributed by atoms with Crippen molar-refractivity contribution in [2.75, 3.05) is 16.3 Å². The summed E-state index contributed by atoms with van der Waals surface area (Å²) in [5.41, 5.74) is 4.05. The Kier molecular flexibility index (Phi) is 6.14. The summed E-state index contributed by atoms with van der Waals surface area (Å²) in [6.07, 6.45) is 1.64. The largest absolute Gasteiger partial charge is 0.426 e. The van der Waals surface area contributed by atoms with Gasteiger partial charge in [0.25, 0.3) is 11.8 Å². The molecule has 7 heteroatoms. The van der Waals surface area contributed by atoms with Crippen LogP contribution < -0.4 is 14.5 Å². The summed E-state index contributed by atoms with van der Waals surface area (Å²) in [6, 6.07) is 19.0. The lowest BCUT2D eigenvalue weighted by Crippen LogP contribution is -2.30. The minimum absolute atomic E-state index is 0.0676. The van der Waals surface area contributed by atoms with E-state index in [1.54, 1.807) is 47.4 Å². The summed E-state index contributed by atoms with van der Waals surface area (Å²) in [5, 5.41) is 0. The molecular weight excluding hydrogens is 456 g/mol. The number of rotatable bonds is 6. The molecule has 0 saturated carbocycles. The van der Waals surface area contributed by atoms with Crippen molar-refractivity contribution in [3.63, 3.8) is 0 Å². The molecule has 0 radical (unpaired) electrons. The van der Waals surface area contributed by atoms with Gasteiger partial charge in [0.15, 0.2) is 0 Å². The lowest BCUT2D eigenvalue weighted by molar-refractivity contribution is -0.139. The van der Waals surface area contributed by atoms with Crippen molar-refractivity contribution in [2.45, 2.75) is 33.1 Å². The van der Waals surface area contributed by atoms with Crippen LogP contribution >= 0.6 is 0 Å². The van der Waals surface area contributed by atoms with Crippen molar-refractivity contribution < 1.29 is 23.9 Å². The molecule has 1 fully saturated rings. The van der Waals surface area contributed by atoms with Gasteiger partial charge in [-0.2, -0.15) is 0 Å². The number of hydrogen-bond acceptors (Lipinski definition) is 5. The zero-order valence-electron chi connectivity index (χ0n) is 20.2. The number of imide groups is 1. The van der Waals surface area contributed by atoms with Crippen LogP contribution in [0, 0.1) is 5.92 Å². The Morgan fingerprint density at radius 3 is 2.08 bits per heavy atom. The predicted molar refractivity (Wildman–Crippen MR) is 135 cm³/mol. The zero-order chi connectivity index (χ0) is 25.4. The maximum Gasteiger partial charge on any atom is 0.316 e. The highest BCUT2D eigenvalue weighted by molar-refractivity contribution is 6.34. The molecular formula is C29H26N2O5. The first kappa shape index (κ1) is 23.5. The third-order valence-corrected chi connectivity index (χ3v) is 6.78. The van der Waals surface area contributed by atoms with E-state index < -0.39 is 23.7 Å². The number of esters is 1. The van der Waals surface area contributed by atoms with E-state index in [1.165, 1.54) is 6.07 Å². The molecule has 0 N–H and O–H groups in total. The lowest BCUT2D eigenvalue weighted by atomic mass is 10.0. The summed E-state index contributed by atoms with van der Waals surface area (Å²) in [6.45, 7) is 4.34. The molecule has 3 amide bonds. The van der Waals surface area contributed by atoms with Gasteiger partial charge >= 0.3 is 5.97 Å². The van der Waals surface area contributed by atoms with Crippen LogP contribution in [0.15, 0.2) is 66.7 Å². The number of para-hydroxylation sites is 1. The van der Waals surface area contributed by atoms with E-state index in [-0.39, 0.29) is 24.6 Å². The number of benzene rings is 3. The third-order valence-electron chi connectivity index (χ3n) is 6.78. The molecule has 3 aromatic carbocycles. The second-order valence-corrected chi connectivity index (χ2v) is 8.95. The number of ether oxygens (including phenoxy) is 1. The van der Waals surface area contributed by atoms with E-state index in [9.17, 15) is 19.2 Å². The number of nitrogens with zero attached hydrogens (tertiary/aromatic N) is 2. The van der Waals surface area contributed by atoms with Crippen molar-refractivity contribution in [1.29, 1.82) is 0 Å². The number of hydrogen-bond donors (Lipinski definition) is 0. The zero-order valence-corrected chi connectivity index (χ0v) is 20.2. The third kappa shape index (κ3) is 3.96. The van der Waals surface area contributed by atoms with Crippen molar-refractivity contribution >= 4 is 35.1 Å². The molecule has 0 aromatic heterocycles. The minimum Gasteiger partial charge on any atom is -0.426 e. The Balaban J connectivity index is 1.34. The highest BCUT2D eigenvalue weighted by Crippen LogP contribution is 2.34. The van der Waals surface area contributed by atoms with Gasteiger partial charge in [0, 0.05) is 24.7 Å². The SMILES string of the molecule is CCc1cccc(CC)c1N1C[C@H](C(=O)Oc2cccc(N3C(=O)c4ccccc4C3=O)c2)CC1=O. The smallest absolute Gasteiger partial charge is 0.316 e. The fourth-order valence-corrected chi connectivity index (χ4v) is 4.95. The van der Waals surface area contributed by atoms with E-state index in [0.29, 0.717) is 16.8 Å². The van der Waals surface area contributed by atoms with Crippen LogP contribution in [0.25, 0.3) is 0 Å². The normalized spacial score (nSPS) is 17.1. The van der Waals surface area contributed by atoms with Gasteiger partial charge in [-0.3, -0.25) is 19.2 Å². The van der Waals surface area contributed by atoms with Crippen LogP contribution in [0.3, 0.4) is 0 Å². The Labute approximate surface area is 209 Å². The number of amides is 3. The highest BCUT2D eigenvalue weighted by Gasteiger charge is 2.39. The van der Waals surface area contributed by atoms with Crippen molar-refractivity contribution in [3.8, 4) is 5.75 Å². The Hall–Kier alpha value is -4.26. The number of aryl methyl sites for hydroxylation is 2. The van der Waals surface area contributed by atoms with E-state index in [0.717, 1.165) is 34.6 Å². The predicted octanol–water partition coefficient (Wildman–Crippen LogP) is 4.57. The monoisotopic (exact) mass is 482 g/mol. The summed E-state index contributed by atoms with van der Waals surface area (Å²) >= 11 is 0. The first-order valence-electron chi connectivity index (χ1n) is 12.1. The second kappa shape index (κ2) is 9.41. The van der Waals surface area contributed by atoms with Gasteiger partial charge in [-0.05, 0) is 48.2 Å². The van der Waals surface area contributed by atoms with E-state index >= 15 is 0 Å². The Morgan fingerprint density at radius 1 is 0.861 bits per heavy atom. The van der Waals surface area contributed by atoms with Gasteiger partial charge in [0.05, 0.1) is 22.7 Å². The van der Waals surface area contributed by atoms with E-state index in [1.807, 2.05) is 32.0 Å². The van der Waals surface area contributed by atoms with Crippen LogP contribution in [-0.4, -0.2) is 30.2 Å². The van der Waals surface area contributed by atoms with Crippen LogP contribution in [0.5, 0.6) is 5.75 Å². The van der Waals surface area contributed by atoms with Gasteiger partial charge in [0.2, 0.25) is 5.91 Å². The van der Waals surface area contributed by atoms with Gasteiger partial charge < -0.3 is 9.64 Å². The number of carbonyl (C=O) groups is 4. The summed E-state index contributed by atoms with van der Waals surface area (Å²) in [7, 11) is 0. The lowest BCUT2D eigenvalue weighted by Gasteiger charge is -2.23. The topological polar surface area (TPSA) is 84.0 Å². The molecule has 5 rings (SSSR count). The molecule has 2 aliphatic heterocycles. The quantitative estimate of drug-likeness (QED) is 0.292. The van der Waals surface area contributed by atoms with Crippen molar-refractivity contribution in [3.05, 3.63) is 89.0 Å². The van der Waals surface area contributed by atoms with Crippen LogP contribution in [0.1, 0.15) is 52.1 Å². The minimum atomic E-state index is -0.616. The van der Waals surface area contributed by atoms with Crippen molar-refractivity contribution in [2.24, 2.45) is 5.92 Å². The standard InChI is InChI=1S/C29H26N2O5/c1-3-18-9-7-10-19(4-2)26(18)30-17-20(15-25(30)32)29(35)36-22-12-8-11-21(16-22)31-27(33)23-13-5-6-14-24(23)28(31)34/h5-14,16,20H,3-4,15,17H2,1-2H3/t20-/m1/s1. The number of carbonyl (C=O) groups excluding carboxylic acids is 4. The van der Waals surface area contributed by atoms with E-state index in [4.69, 9.17) is 4.74 Å². The van der Waals surface area contributed by atoms with Gasteiger partial charge in [-0.15, -0.1) is 0 Å². The summed E-state index contributed by atoms with van der Waals surface area (Å²) in [5.74, 6) is -1.86. The highest BCUT2D eigenvalue weighted by atomic mass is 16.5.